The van der Waals surface area contributed by atoms with Gasteiger partial charge < -0.3 is 0 Å². The summed E-state index contributed by atoms with van der Waals surface area (Å²) in [5.41, 5.74) is 6.13. The molecule has 0 spiro atoms. The number of nitrogens with zero attached hydrogens (tertiary/aromatic N) is 3. The second kappa shape index (κ2) is 6.12. The lowest BCUT2D eigenvalue weighted by Gasteiger charge is -2.12. The first-order chi connectivity index (χ1) is 13.3. The van der Waals surface area contributed by atoms with E-state index in [1.807, 2.05) is 48.8 Å². The Kier molecular flexibility index (Phi) is 3.48. The summed E-state index contributed by atoms with van der Waals surface area (Å²) in [6.07, 6.45) is 1.88. The van der Waals surface area contributed by atoms with Crippen molar-refractivity contribution in [1.29, 1.82) is 5.26 Å². The molecule has 1 heterocycles. The fourth-order valence-electron chi connectivity index (χ4n) is 3.56. The zero-order valence-electron chi connectivity index (χ0n) is 14.5. The third-order valence-corrected chi connectivity index (χ3v) is 4.90. The van der Waals surface area contributed by atoms with Crippen LogP contribution in [0.5, 0.6) is 0 Å². The number of fused-ring (bicyclic) bond motifs is 2. The van der Waals surface area contributed by atoms with Crippen molar-refractivity contribution in [1.82, 2.24) is 9.55 Å². The Balaban J connectivity index is 1.71. The molecule has 0 bridgehead atoms. The highest BCUT2D eigenvalue weighted by atomic mass is 15.0. The van der Waals surface area contributed by atoms with Gasteiger partial charge in [-0.1, -0.05) is 48.5 Å². The van der Waals surface area contributed by atoms with Crippen LogP contribution >= 0.6 is 0 Å². The Morgan fingerprint density at radius 1 is 0.778 bits per heavy atom. The van der Waals surface area contributed by atoms with Gasteiger partial charge in [0, 0.05) is 5.56 Å². The normalized spacial score (nSPS) is 10.9. The fraction of sp³-hybridized carbons (Fsp3) is 0. The van der Waals surface area contributed by atoms with Gasteiger partial charge in [0.25, 0.3) is 0 Å². The van der Waals surface area contributed by atoms with E-state index >= 15 is 0 Å². The predicted octanol–water partition coefficient (Wildman–Crippen LogP) is 5.72. The summed E-state index contributed by atoms with van der Waals surface area (Å²) in [6.45, 7) is 0. The molecule has 4 aromatic carbocycles. The minimum atomic E-state index is 0.681. The highest BCUT2D eigenvalue weighted by Gasteiger charge is 2.10. The SMILES string of the molecule is N#Cc1ccc2cc(-c3ccccc3-n3cnc4ccccc43)ccc2c1. The molecule has 5 rings (SSSR count). The molecule has 0 saturated carbocycles. The Labute approximate surface area is 156 Å². The summed E-state index contributed by atoms with van der Waals surface area (Å²) >= 11 is 0. The van der Waals surface area contributed by atoms with Crippen LogP contribution < -0.4 is 0 Å². The molecule has 0 unspecified atom stereocenters. The van der Waals surface area contributed by atoms with Gasteiger partial charge in [0.1, 0.15) is 6.33 Å². The third-order valence-electron chi connectivity index (χ3n) is 4.90. The van der Waals surface area contributed by atoms with Crippen LogP contribution in [-0.4, -0.2) is 9.55 Å². The summed E-state index contributed by atoms with van der Waals surface area (Å²) in [5, 5.41) is 11.3. The van der Waals surface area contributed by atoms with E-state index in [0.717, 1.165) is 38.6 Å². The molecule has 5 aromatic rings. The molecule has 0 aliphatic carbocycles. The number of imidazole rings is 1. The second-order valence-corrected chi connectivity index (χ2v) is 6.51. The summed E-state index contributed by atoms with van der Waals surface area (Å²) in [5.74, 6) is 0. The van der Waals surface area contributed by atoms with Crippen molar-refractivity contribution in [3.63, 3.8) is 0 Å². The third kappa shape index (κ3) is 2.56. The molecule has 0 aliphatic rings. The molecule has 0 amide bonds. The number of aromatic nitrogens is 2. The standard InChI is InChI=1S/C24H15N3/c25-15-17-9-10-19-14-20(12-11-18(19)13-17)21-5-1-3-7-23(21)27-16-26-22-6-2-4-8-24(22)27/h1-14,16H. The first-order valence-electron chi connectivity index (χ1n) is 8.79. The van der Waals surface area contributed by atoms with Crippen molar-refractivity contribution >= 4 is 21.8 Å². The van der Waals surface area contributed by atoms with Crippen LogP contribution in [0.25, 0.3) is 38.6 Å². The van der Waals surface area contributed by atoms with Crippen LogP contribution in [0.3, 0.4) is 0 Å². The topological polar surface area (TPSA) is 41.6 Å². The van der Waals surface area contributed by atoms with E-state index in [4.69, 9.17) is 5.26 Å². The molecule has 3 nitrogen and oxygen atoms in total. The summed E-state index contributed by atoms with van der Waals surface area (Å²) in [4.78, 5) is 4.53. The Hall–Kier alpha value is -3.90. The van der Waals surface area contributed by atoms with Gasteiger partial charge in [-0.2, -0.15) is 5.26 Å². The van der Waals surface area contributed by atoms with Crippen LogP contribution in [0, 0.1) is 11.3 Å². The van der Waals surface area contributed by atoms with Gasteiger partial charge in [0.05, 0.1) is 28.4 Å². The van der Waals surface area contributed by atoms with E-state index < -0.39 is 0 Å². The van der Waals surface area contributed by atoms with Gasteiger partial charge in [-0.05, 0) is 52.7 Å². The molecule has 3 heteroatoms. The van der Waals surface area contributed by atoms with Crippen LogP contribution in [0.4, 0.5) is 0 Å². The molecule has 0 radical (unpaired) electrons. The first kappa shape index (κ1) is 15.4. The van der Waals surface area contributed by atoms with E-state index in [0.29, 0.717) is 5.56 Å². The Morgan fingerprint density at radius 3 is 2.48 bits per heavy atom. The molecule has 0 N–H and O–H groups in total. The van der Waals surface area contributed by atoms with E-state index in [-0.39, 0.29) is 0 Å². The lowest BCUT2D eigenvalue weighted by Crippen LogP contribution is -1.95. The summed E-state index contributed by atoms with van der Waals surface area (Å²) < 4.78 is 2.13. The number of hydrogen-bond acceptors (Lipinski definition) is 2. The number of rotatable bonds is 2. The lowest BCUT2D eigenvalue weighted by molar-refractivity contribution is 1.09. The Bertz CT molecular complexity index is 1340. The monoisotopic (exact) mass is 345 g/mol. The van der Waals surface area contributed by atoms with Crippen molar-refractivity contribution in [2.45, 2.75) is 0 Å². The van der Waals surface area contributed by atoms with Crippen LogP contribution in [-0.2, 0) is 0 Å². The largest absolute Gasteiger partial charge is 0.298 e. The fourth-order valence-corrected chi connectivity index (χ4v) is 3.56. The zero-order valence-corrected chi connectivity index (χ0v) is 14.5. The molecular weight excluding hydrogens is 330 g/mol. The number of nitriles is 1. The predicted molar refractivity (Wildman–Crippen MR) is 109 cm³/mol. The van der Waals surface area contributed by atoms with Gasteiger partial charge in [0.15, 0.2) is 0 Å². The highest BCUT2D eigenvalue weighted by Crippen LogP contribution is 2.31. The van der Waals surface area contributed by atoms with Crippen LogP contribution in [0.1, 0.15) is 5.56 Å². The summed E-state index contributed by atoms with van der Waals surface area (Å²) in [6, 6.07) is 30.9. The first-order valence-corrected chi connectivity index (χ1v) is 8.79. The minimum Gasteiger partial charge on any atom is -0.298 e. The van der Waals surface area contributed by atoms with Gasteiger partial charge in [0.2, 0.25) is 0 Å². The van der Waals surface area contributed by atoms with Crippen molar-refractivity contribution in [2.75, 3.05) is 0 Å². The molecule has 1 aromatic heterocycles. The van der Waals surface area contributed by atoms with Gasteiger partial charge in [-0.25, -0.2) is 4.98 Å². The van der Waals surface area contributed by atoms with Crippen molar-refractivity contribution in [2.24, 2.45) is 0 Å². The van der Waals surface area contributed by atoms with Crippen molar-refractivity contribution < 1.29 is 0 Å². The lowest BCUT2D eigenvalue weighted by atomic mass is 9.99. The average Bonchev–Trinajstić information content (AvgIpc) is 3.17. The molecular formula is C24H15N3. The molecule has 0 saturated heterocycles. The average molecular weight is 345 g/mol. The van der Waals surface area contributed by atoms with Gasteiger partial charge in [-0.15, -0.1) is 0 Å². The van der Waals surface area contributed by atoms with Crippen molar-refractivity contribution in [3.05, 3.63) is 96.8 Å². The zero-order chi connectivity index (χ0) is 18.2. The quantitative estimate of drug-likeness (QED) is 0.411. The molecule has 126 valence electrons. The van der Waals surface area contributed by atoms with Gasteiger partial charge in [-0.3, -0.25) is 4.57 Å². The Morgan fingerprint density at radius 2 is 1.56 bits per heavy atom. The molecule has 27 heavy (non-hydrogen) atoms. The maximum absolute atomic E-state index is 9.10. The maximum Gasteiger partial charge on any atom is 0.100 e. The van der Waals surface area contributed by atoms with E-state index in [9.17, 15) is 0 Å². The smallest absolute Gasteiger partial charge is 0.100 e. The van der Waals surface area contributed by atoms with Crippen molar-refractivity contribution in [3.8, 4) is 22.9 Å². The number of para-hydroxylation sites is 3. The molecule has 0 atom stereocenters. The second-order valence-electron chi connectivity index (χ2n) is 6.51. The van der Waals surface area contributed by atoms with Crippen LogP contribution in [0.15, 0.2) is 91.3 Å². The number of hydrogen-bond donors (Lipinski definition) is 0. The molecule has 0 aliphatic heterocycles. The summed E-state index contributed by atoms with van der Waals surface area (Å²) in [7, 11) is 0. The van der Waals surface area contributed by atoms with E-state index in [1.165, 1.54) is 0 Å². The van der Waals surface area contributed by atoms with Gasteiger partial charge >= 0.3 is 0 Å². The van der Waals surface area contributed by atoms with E-state index in [2.05, 4.69) is 58.1 Å². The maximum atomic E-state index is 9.10. The number of benzene rings is 4. The minimum absolute atomic E-state index is 0.681. The highest BCUT2D eigenvalue weighted by molar-refractivity contribution is 5.90. The molecule has 0 fully saturated rings. The van der Waals surface area contributed by atoms with Crippen LogP contribution in [0.2, 0.25) is 0 Å². The van der Waals surface area contributed by atoms with E-state index in [1.54, 1.807) is 0 Å².